The number of hydrogen-bond acceptors (Lipinski definition) is 3. The zero-order chi connectivity index (χ0) is 8.55. The summed E-state index contributed by atoms with van der Waals surface area (Å²) in [4.78, 5) is 16.8. The van der Waals surface area contributed by atoms with Crippen LogP contribution in [0.4, 0.5) is 0 Å². The molecule has 1 unspecified atom stereocenters. The van der Waals surface area contributed by atoms with Crippen LogP contribution in [0, 0.1) is 0 Å². The molecule has 0 aromatic carbocycles. The molecule has 1 atom stereocenters. The van der Waals surface area contributed by atoms with Crippen molar-refractivity contribution in [2.75, 3.05) is 0 Å². The Morgan fingerprint density at radius 3 is 3.17 bits per heavy atom. The molecule has 0 aromatic heterocycles. The second-order valence-electron chi connectivity index (χ2n) is 3.42. The number of fused-ring (bicyclic) bond motifs is 1. The molecule has 0 amide bonds. The summed E-state index contributed by atoms with van der Waals surface area (Å²) in [5.41, 5.74) is 4.57. The number of nitrogens with one attached hydrogen (secondary N) is 1. The zero-order valence-corrected chi connectivity index (χ0v) is 7.22. The van der Waals surface area contributed by atoms with Crippen molar-refractivity contribution in [1.29, 1.82) is 0 Å². The molecule has 2 aliphatic rings. The molecule has 1 aliphatic carbocycles. The van der Waals surface area contributed by atoms with Crippen molar-refractivity contribution in [3.8, 4) is 0 Å². The third-order valence-corrected chi connectivity index (χ3v) is 2.50. The summed E-state index contributed by atoms with van der Waals surface area (Å²) >= 11 is 0. The molecule has 1 aliphatic heterocycles. The third kappa shape index (κ3) is 1.14. The normalized spacial score (nSPS) is 29.8. The predicted octanol–water partition coefficient (Wildman–Crippen LogP) is 1.31. The van der Waals surface area contributed by atoms with Crippen molar-refractivity contribution in [2.24, 2.45) is 0 Å². The minimum absolute atomic E-state index is 0.0278. The van der Waals surface area contributed by atoms with Crippen LogP contribution in [0.15, 0.2) is 11.3 Å². The summed E-state index contributed by atoms with van der Waals surface area (Å²) in [7, 11) is 0. The predicted molar refractivity (Wildman–Crippen MR) is 44.2 cm³/mol. The number of hydrogen-bond donors (Lipinski definition) is 1. The molecule has 0 bridgehead atoms. The molecule has 1 N–H and O–H groups in total. The summed E-state index contributed by atoms with van der Waals surface area (Å²) in [6, 6.07) is 0. The molecular weight excluding hydrogens is 154 g/mol. The van der Waals surface area contributed by atoms with E-state index in [1.165, 1.54) is 0 Å². The van der Waals surface area contributed by atoms with Crippen molar-refractivity contribution in [3.63, 3.8) is 0 Å². The van der Waals surface area contributed by atoms with E-state index in [1.807, 2.05) is 6.92 Å². The monoisotopic (exact) mass is 167 g/mol. The maximum absolute atomic E-state index is 11.5. The zero-order valence-electron chi connectivity index (χ0n) is 7.22. The first-order valence-corrected chi connectivity index (χ1v) is 4.44. The number of carbonyl (C=O) groups excluding carboxylic acids is 1. The van der Waals surface area contributed by atoms with Crippen LogP contribution >= 0.6 is 0 Å². The Kier molecular flexibility index (Phi) is 1.89. The number of allylic oxidation sites excluding steroid dienone is 1. The summed E-state index contributed by atoms with van der Waals surface area (Å²) in [5, 5.41) is 0. The third-order valence-electron chi connectivity index (χ3n) is 2.50. The molecule has 0 saturated heterocycles. The Morgan fingerprint density at radius 2 is 2.33 bits per heavy atom. The lowest BCUT2D eigenvalue weighted by molar-refractivity contribution is -0.116. The fourth-order valence-corrected chi connectivity index (χ4v) is 1.86. The Hall–Kier alpha value is -0.830. The average Bonchev–Trinajstić information content (AvgIpc) is 2.29. The minimum atomic E-state index is 0.0278. The van der Waals surface area contributed by atoms with Gasteiger partial charge in [0.05, 0.1) is 0 Å². The van der Waals surface area contributed by atoms with Gasteiger partial charge in [-0.1, -0.05) is 0 Å². The summed E-state index contributed by atoms with van der Waals surface area (Å²) < 4.78 is 0. The lowest BCUT2D eigenvalue weighted by Crippen LogP contribution is -2.15. The Balaban J connectivity index is 2.29. The maximum atomic E-state index is 11.5. The molecule has 3 heteroatoms. The Labute approximate surface area is 71.7 Å². The van der Waals surface area contributed by atoms with E-state index in [2.05, 4.69) is 5.48 Å². The van der Waals surface area contributed by atoms with Crippen LogP contribution in [-0.2, 0) is 9.63 Å². The largest absolute Gasteiger partial charge is 0.294 e. The maximum Gasteiger partial charge on any atom is 0.163 e. The van der Waals surface area contributed by atoms with Gasteiger partial charge in [-0.05, 0) is 26.2 Å². The van der Waals surface area contributed by atoms with E-state index in [0.717, 1.165) is 30.5 Å². The van der Waals surface area contributed by atoms with E-state index in [1.54, 1.807) is 0 Å². The fourth-order valence-electron chi connectivity index (χ4n) is 1.86. The van der Waals surface area contributed by atoms with Crippen LogP contribution in [0.25, 0.3) is 0 Å². The Bertz CT molecular complexity index is 245. The minimum Gasteiger partial charge on any atom is -0.294 e. The molecule has 66 valence electrons. The highest BCUT2D eigenvalue weighted by Crippen LogP contribution is 2.27. The number of rotatable bonds is 0. The van der Waals surface area contributed by atoms with Gasteiger partial charge >= 0.3 is 0 Å². The summed E-state index contributed by atoms with van der Waals surface area (Å²) in [5.74, 6) is 0.264. The van der Waals surface area contributed by atoms with E-state index in [9.17, 15) is 4.79 Å². The van der Waals surface area contributed by atoms with Gasteiger partial charge in [0.25, 0.3) is 0 Å². The second-order valence-corrected chi connectivity index (χ2v) is 3.42. The van der Waals surface area contributed by atoms with Gasteiger partial charge in [0.2, 0.25) is 0 Å². The van der Waals surface area contributed by atoms with Crippen molar-refractivity contribution >= 4 is 5.78 Å². The highest BCUT2D eigenvalue weighted by atomic mass is 16.7. The Morgan fingerprint density at radius 1 is 1.50 bits per heavy atom. The SMILES string of the molecule is CC1=C2C(=O)CCCCC2ON1. The van der Waals surface area contributed by atoms with Gasteiger partial charge in [-0.25, -0.2) is 0 Å². The lowest BCUT2D eigenvalue weighted by atomic mass is 10.0. The van der Waals surface area contributed by atoms with Crippen molar-refractivity contribution in [1.82, 2.24) is 5.48 Å². The van der Waals surface area contributed by atoms with E-state index in [4.69, 9.17) is 4.84 Å². The van der Waals surface area contributed by atoms with Crippen LogP contribution in [-0.4, -0.2) is 11.9 Å². The first-order valence-electron chi connectivity index (χ1n) is 4.44. The van der Waals surface area contributed by atoms with Crippen molar-refractivity contribution in [2.45, 2.75) is 38.7 Å². The highest BCUT2D eigenvalue weighted by molar-refractivity contribution is 5.97. The van der Waals surface area contributed by atoms with E-state index in [-0.39, 0.29) is 11.9 Å². The first-order chi connectivity index (χ1) is 5.79. The summed E-state index contributed by atoms with van der Waals surface area (Å²) in [6.07, 6.45) is 3.80. The topological polar surface area (TPSA) is 38.3 Å². The fraction of sp³-hybridized carbons (Fsp3) is 0.667. The molecule has 1 saturated carbocycles. The van der Waals surface area contributed by atoms with Gasteiger partial charge in [0.15, 0.2) is 5.78 Å². The van der Waals surface area contributed by atoms with Crippen molar-refractivity contribution in [3.05, 3.63) is 11.3 Å². The number of hydroxylamine groups is 1. The number of carbonyl (C=O) groups is 1. The molecule has 0 radical (unpaired) electrons. The van der Waals surface area contributed by atoms with Gasteiger partial charge in [-0.15, -0.1) is 0 Å². The lowest BCUT2D eigenvalue weighted by Gasteiger charge is -2.06. The van der Waals surface area contributed by atoms with Crippen LogP contribution in [0.1, 0.15) is 32.6 Å². The second kappa shape index (κ2) is 2.90. The standard InChI is InChI=1S/C9H13NO2/c1-6-9-7(11)4-2-3-5-8(9)12-10-6/h8,10H,2-5H2,1H3. The number of Topliss-reactive ketones (excluding diaryl/α,β-unsaturated/α-hetero) is 1. The van der Waals surface area contributed by atoms with Gasteiger partial charge in [-0.3, -0.25) is 15.1 Å². The molecule has 2 rings (SSSR count). The van der Waals surface area contributed by atoms with Gasteiger partial charge in [0.1, 0.15) is 6.10 Å². The first kappa shape index (κ1) is 7.80. The quantitative estimate of drug-likeness (QED) is 0.591. The van der Waals surface area contributed by atoms with E-state index in [0.29, 0.717) is 6.42 Å². The smallest absolute Gasteiger partial charge is 0.163 e. The number of ketones is 1. The van der Waals surface area contributed by atoms with Gasteiger partial charge < -0.3 is 0 Å². The molecule has 12 heavy (non-hydrogen) atoms. The average molecular weight is 167 g/mol. The van der Waals surface area contributed by atoms with E-state index < -0.39 is 0 Å². The van der Waals surface area contributed by atoms with Crippen LogP contribution in [0.5, 0.6) is 0 Å². The van der Waals surface area contributed by atoms with Crippen LogP contribution < -0.4 is 5.48 Å². The molecule has 3 nitrogen and oxygen atoms in total. The van der Waals surface area contributed by atoms with Gasteiger partial charge in [-0.2, -0.15) is 0 Å². The van der Waals surface area contributed by atoms with Crippen molar-refractivity contribution < 1.29 is 9.63 Å². The van der Waals surface area contributed by atoms with Crippen LogP contribution in [0.2, 0.25) is 0 Å². The summed E-state index contributed by atoms with van der Waals surface area (Å²) in [6.45, 7) is 1.90. The molecule has 1 fully saturated rings. The molecule has 1 heterocycles. The van der Waals surface area contributed by atoms with Crippen LogP contribution in [0.3, 0.4) is 0 Å². The van der Waals surface area contributed by atoms with E-state index >= 15 is 0 Å². The molecule has 0 aromatic rings. The highest BCUT2D eigenvalue weighted by Gasteiger charge is 2.31. The van der Waals surface area contributed by atoms with Gasteiger partial charge in [0, 0.05) is 17.7 Å². The molecular formula is C9H13NO2. The molecule has 0 spiro atoms.